The average molecular weight is 374 g/mol. The van der Waals surface area contributed by atoms with Crippen LogP contribution in [0.4, 0.5) is 5.69 Å². The lowest BCUT2D eigenvalue weighted by Crippen LogP contribution is -2.18. The molecule has 2 aromatic carbocycles. The number of hydrogen-bond donors (Lipinski definition) is 1. The molecule has 1 aliphatic rings. The van der Waals surface area contributed by atoms with Crippen LogP contribution in [0.3, 0.4) is 0 Å². The van der Waals surface area contributed by atoms with Gasteiger partial charge in [0.15, 0.2) is 0 Å². The molecular formula is C22H22N4O2. The van der Waals surface area contributed by atoms with E-state index in [2.05, 4.69) is 20.9 Å². The number of hydrogen-bond acceptors (Lipinski definition) is 5. The van der Waals surface area contributed by atoms with Crippen molar-refractivity contribution in [3.8, 4) is 17.6 Å². The molecule has 0 bridgehead atoms. The smallest absolute Gasteiger partial charge is 0.149 e. The molecule has 0 amide bonds. The molecule has 0 aliphatic carbocycles. The number of rotatable bonds is 5. The van der Waals surface area contributed by atoms with Crippen molar-refractivity contribution in [2.45, 2.75) is 12.8 Å². The summed E-state index contributed by atoms with van der Waals surface area (Å²) in [6.45, 7) is 2.02. The summed E-state index contributed by atoms with van der Waals surface area (Å²) in [5.41, 5.74) is 3.96. The lowest BCUT2D eigenvalue weighted by molar-refractivity contribution is 0.402. The van der Waals surface area contributed by atoms with Gasteiger partial charge in [-0.05, 0) is 37.1 Å². The van der Waals surface area contributed by atoms with Crippen molar-refractivity contribution in [1.82, 2.24) is 9.97 Å². The van der Waals surface area contributed by atoms with Crippen LogP contribution in [-0.4, -0.2) is 37.3 Å². The minimum Gasteiger partial charge on any atom is -0.496 e. The number of benzene rings is 2. The summed E-state index contributed by atoms with van der Waals surface area (Å²) in [5, 5.41) is 9.72. The third kappa shape index (κ3) is 3.27. The Bertz CT molecular complexity index is 1040. The van der Waals surface area contributed by atoms with Crippen LogP contribution < -0.4 is 14.4 Å². The molecule has 6 heteroatoms. The molecule has 1 aromatic heterocycles. The minimum atomic E-state index is 0.436. The monoisotopic (exact) mass is 374 g/mol. The molecule has 1 N–H and O–H groups in total. The molecule has 2 heterocycles. The summed E-state index contributed by atoms with van der Waals surface area (Å²) in [7, 11) is 3.31. The molecular weight excluding hydrogens is 352 g/mol. The van der Waals surface area contributed by atoms with Gasteiger partial charge in [0.25, 0.3) is 0 Å². The number of H-pyrrole nitrogens is 1. The molecule has 3 aromatic rings. The molecule has 0 spiro atoms. The maximum Gasteiger partial charge on any atom is 0.149 e. The molecule has 0 unspecified atom stereocenters. The number of nitrogens with zero attached hydrogens (tertiary/aromatic N) is 3. The zero-order valence-corrected chi connectivity index (χ0v) is 16.0. The van der Waals surface area contributed by atoms with Crippen LogP contribution in [0.5, 0.6) is 11.5 Å². The highest BCUT2D eigenvalue weighted by Crippen LogP contribution is 2.38. The van der Waals surface area contributed by atoms with E-state index in [1.807, 2.05) is 36.4 Å². The molecule has 0 atom stereocenters. The van der Waals surface area contributed by atoms with E-state index in [9.17, 15) is 5.26 Å². The van der Waals surface area contributed by atoms with E-state index in [0.29, 0.717) is 17.1 Å². The SMILES string of the molecule is COc1cc(N2CCCC2)c(OC)cc1/C=C(/C#N)c1nc2ccccc2[nH]1. The largest absolute Gasteiger partial charge is 0.496 e. The third-order valence-corrected chi connectivity index (χ3v) is 5.04. The Morgan fingerprint density at radius 2 is 1.89 bits per heavy atom. The Balaban J connectivity index is 1.78. The lowest BCUT2D eigenvalue weighted by atomic mass is 10.1. The Morgan fingerprint density at radius 1 is 1.14 bits per heavy atom. The molecule has 142 valence electrons. The number of nitrogens with one attached hydrogen (secondary N) is 1. The first kappa shape index (κ1) is 17.9. The van der Waals surface area contributed by atoms with E-state index in [1.54, 1.807) is 20.3 Å². The standard InChI is InChI=1S/C22H22N4O2/c1-27-20-13-19(26-9-5-6-10-26)21(28-2)12-15(20)11-16(14-23)22-24-17-7-3-4-8-18(17)25-22/h3-4,7-8,11-13H,5-6,9-10H2,1-2H3,(H,24,25)/b16-11-. The number of nitriles is 1. The second kappa shape index (κ2) is 7.65. The van der Waals surface area contributed by atoms with Crippen molar-refractivity contribution in [3.63, 3.8) is 0 Å². The van der Waals surface area contributed by atoms with Crippen LogP contribution in [0.2, 0.25) is 0 Å². The molecule has 6 nitrogen and oxygen atoms in total. The van der Waals surface area contributed by atoms with Gasteiger partial charge in [0.1, 0.15) is 23.4 Å². The van der Waals surface area contributed by atoms with E-state index in [-0.39, 0.29) is 0 Å². The van der Waals surface area contributed by atoms with Gasteiger partial charge in [-0.3, -0.25) is 0 Å². The van der Waals surface area contributed by atoms with Crippen molar-refractivity contribution >= 4 is 28.4 Å². The van der Waals surface area contributed by atoms with E-state index in [0.717, 1.165) is 41.1 Å². The van der Waals surface area contributed by atoms with Crippen molar-refractivity contribution in [2.24, 2.45) is 0 Å². The quantitative estimate of drug-likeness (QED) is 0.676. The molecule has 1 saturated heterocycles. The summed E-state index contributed by atoms with van der Waals surface area (Å²) in [4.78, 5) is 10.0. The van der Waals surface area contributed by atoms with Crippen molar-refractivity contribution in [2.75, 3.05) is 32.2 Å². The minimum absolute atomic E-state index is 0.436. The maximum atomic E-state index is 9.72. The van der Waals surface area contributed by atoms with Gasteiger partial charge in [0.2, 0.25) is 0 Å². The van der Waals surface area contributed by atoms with Crippen LogP contribution in [0.15, 0.2) is 36.4 Å². The number of aromatic nitrogens is 2. The van der Waals surface area contributed by atoms with Crippen molar-refractivity contribution in [1.29, 1.82) is 5.26 Å². The second-order valence-corrected chi connectivity index (χ2v) is 6.73. The van der Waals surface area contributed by atoms with E-state index < -0.39 is 0 Å². The zero-order valence-electron chi connectivity index (χ0n) is 16.0. The van der Waals surface area contributed by atoms with E-state index in [1.165, 1.54) is 12.8 Å². The van der Waals surface area contributed by atoms with Gasteiger partial charge in [-0.15, -0.1) is 0 Å². The summed E-state index contributed by atoms with van der Waals surface area (Å²) < 4.78 is 11.3. The predicted octanol–water partition coefficient (Wildman–Crippen LogP) is 4.24. The predicted molar refractivity (Wildman–Crippen MR) is 111 cm³/mol. The number of methoxy groups -OCH3 is 2. The van der Waals surface area contributed by atoms with Crippen LogP contribution in [0, 0.1) is 11.3 Å². The first-order valence-corrected chi connectivity index (χ1v) is 9.31. The van der Waals surface area contributed by atoms with Crippen molar-refractivity contribution in [3.05, 3.63) is 47.8 Å². The fourth-order valence-electron chi connectivity index (χ4n) is 3.61. The Hall–Kier alpha value is -3.46. The van der Waals surface area contributed by atoms with Gasteiger partial charge < -0.3 is 19.4 Å². The van der Waals surface area contributed by atoms with Gasteiger partial charge >= 0.3 is 0 Å². The number of anilines is 1. The fraction of sp³-hybridized carbons (Fsp3) is 0.273. The Labute approximate surface area is 164 Å². The maximum absolute atomic E-state index is 9.72. The second-order valence-electron chi connectivity index (χ2n) is 6.73. The highest BCUT2D eigenvalue weighted by Gasteiger charge is 2.19. The Kier molecular flexibility index (Phi) is 4.90. The first-order chi connectivity index (χ1) is 13.7. The fourth-order valence-corrected chi connectivity index (χ4v) is 3.61. The average Bonchev–Trinajstić information content (AvgIpc) is 3.41. The number of allylic oxidation sites excluding steroid dienone is 1. The molecule has 0 radical (unpaired) electrons. The number of imidazole rings is 1. The number of aromatic amines is 1. The normalized spacial score (nSPS) is 14.3. The van der Waals surface area contributed by atoms with Gasteiger partial charge in [-0.25, -0.2) is 4.98 Å². The Morgan fingerprint density at radius 3 is 2.57 bits per heavy atom. The van der Waals surface area contributed by atoms with E-state index in [4.69, 9.17) is 9.47 Å². The van der Waals surface area contributed by atoms with Gasteiger partial charge in [-0.2, -0.15) is 5.26 Å². The molecule has 0 saturated carbocycles. The number of fused-ring (bicyclic) bond motifs is 1. The summed E-state index contributed by atoms with van der Waals surface area (Å²) >= 11 is 0. The molecule has 1 aliphatic heterocycles. The molecule has 28 heavy (non-hydrogen) atoms. The zero-order chi connectivity index (χ0) is 19.5. The van der Waals surface area contributed by atoms with Crippen molar-refractivity contribution < 1.29 is 9.47 Å². The van der Waals surface area contributed by atoms with Crippen LogP contribution in [0.1, 0.15) is 24.2 Å². The highest BCUT2D eigenvalue weighted by molar-refractivity contribution is 5.92. The highest BCUT2D eigenvalue weighted by atomic mass is 16.5. The summed E-state index contributed by atoms with van der Waals surface area (Å²) in [6, 6.07) is 13.9. The third-order valence-electron chi connectivity index (χ3n) is 5.04. The summed E-state index contributed by atoms with van der Waals surface area (Å²) in [5.74, 6) is 2.01. The van der Waals surface area contributed by atoms with Crippen LogP contribution in [0.25, 0.3) is 22.7 Å². The number of ether oxygens (including phenoxy) is 2. The van der Waals surface area contributed by atoms with E-state index >= 15 is 0 Å². The summed E-state index contributed by atoms with van der Waals surface area (Å²) in [6.07, 6.45) is 4.14. The van der Waals surface area contributed by atoms with Crippen LogP contribution >= 0.6 is 0 Å². The van der Waals surface area contributed by atoms with Gasteiger partial charge in [-0.1, -0.05) is 12.1 Å². The van der Waals surface area contributed by atoms with Gasteiger partial charge in [0.05, 0.1) is 36.5 Å². The first-order valence-electron chi connectivity index (χ1n) is 9.31. The topological polar surface area (TPSA) is 74.2 Å². The molecule has 4 rings (SSSR count). The van der Waals surface area contributed by atoms with Crippen LogP contribution in [-0.2, 0) is 0 Å². The number of para-hydroxylation sites is 2. The lowest BCUT2D eigenvalue weighted by Gasteiger charge is -2.22. The molecule has 1 fully saturated rings. The van der Waals surface area contributed by atoms with Gasteiger partial charge in [0, 0.05) is 24.7 Å².